The zero-order chi connectivity index (χ0) is 31.1. The molecule has 0 N–H and O–H groups in total. The van der Waals surface area contributed by atoms with E-state index in [-0.39, 0.29) is 40.1 Å². The number of ether oxygens (including phenoxy) is 1. The number of pyridine rings is 2. The van der Waals surface area contributed by atoms with Crippen molar-refractivity contribution in [3.8, 4) is 28.1 Å². The second-order valence-electron chi connectivity index (χ2n) is 11.2. The van der Waals surface area contributed by atoms with Gasteiger partial charge in [0, 0.05) is 54.8 Å². The van der Waals surface area contributed by atoms with Crippen LogP contribution in [0.4, 0.5) is 26.3 Å². The van der Waals surface area contributed by atoms with E-state index in [4.69, 9.17) is 4.74 Å². The Kier molecular flexibility index (Phi) is 7.81. The minimum Gasteiger partial charge on any atom is -0.477 e. The molecule has 0 bridgehead atoms. The lowest BCUT2D eigenvalue weighted by Crippen LogP contribution is -2.28. The average Bonchev–Trinajstić information content (AvgIpc) is 3.72. The van der Waals surface area contributed by atoms with Gasteiger partial charge in [-0.3, -0.25) is 9.78 Å². The molecule has 3 heterocycles. The maximum Gasteiger partial charge on any atom is 0.416 e. The summed E-state index contributed by atoms with van der Waals surface area (Å²) in [5.74, 6) is 0.649. The number of benzene rings is 2. The highest BCUT2D eigenvalue weighted by Crippen LogP contribution is 2.41. The van der Waals surface area contributed by atoms with Gasteiger partial charge in [-0.25, -0.2) is 4.98 Å². The van der Waals surface area contributed by atoms with Gasteiger partial charge in [0.1, 0.15) is 0 Å². The summed E-state index contributed by atoms with van der Waals surface area (Å²) in [6.07, 6.45) is -2.23. The predicted octanol–water partition coefficient (Wildman–Crippen LogP) is 8.27. The standard InChI is InChI=1S/C33H27F6N3O2/c34-32(35,36)26-12-25(13-27(15-26)33(37,38)39)28-7-5-21(31(43)42-11-9-24(18-42)22-2-1-10-40-16-22)14-29(28)23-6-8-30(41-17-23)44-19-20-3-4-20/h1-2,5-8,10,12-17,20,24H,3-4,9,11,18-19H2. The summed E-state index contributed by atoms with van der Waals surface area (Å²) in [5.41, 5.74) is -1.08. The summed E-state index contributed by atoms with van der Waals surface area (Å²) in [6, 6.07) is 12.8. The number of hydrogen-bond donors (Lipinski definition) is 0. The van der Waals surface area contributed by atoms with Gasteiger partial charge in [0.25, 0.3) is 5.91 Å². The number of hydrogen-bond acceptors (Lipinski definition) is 4. The molecule has 228 valence electrons. The Balaban J connectivity index is 1.39. The highest BCUT2D eigenvalue weighted by molar-refractivity contribution is 5.98. The Morgan fingerprint density at radius 1 is 0.841 bits per heavy atom. The highest BCUT2D eigenvalue weighted by Gasteiger charge is 2.37. The Morgan fingerprint density at radius 2 is 1.59 bits per heavy atom. The van der Waals surface area contributed by atoms with E-state index in [1.165, 1.54) is 24.4 Å². The number of aromatic nitrogens is 2. The molecule has 4 aromatic rings. The maximum absolute atomic E-state index is 13.7. The second kappa shape index (κ2) is 11.6. The predicted molar refractivity (Wildman–Crippen MR) is 151 cm³/mol. The van der Waals surface area contributed by atoms with Crippen molar-refractivity contribution in [1.29, 1.82) is 0 Å². The van der Waals surface area contributed by atoms with E-state index in [2.05, 4.69) is 9.97 Å². The van der Waals surface area contributed by atoms with Crippen LogP contribution in [-0.4, -0.2) is 40.5 Å². The molecular formula is C33H27F6N3O2. The Hall–Kier alpha value is -4.41. The minimum atomic E-state index is -5.01. The van der Waals surface area contributed by atoms with Crippen LogP contribution in [0, 0.1) is 5.92 Å². The number of amides is 1. The zero-order valence-corrected chi connectivity index (χ0v) is 23.3. The Morgan fingerprint density at radius 3 is 2.20 bits per heavy atom. The van der Waals surface area contributed by atoms with Crippen LogP contribution in [0.3, 0.4) is 0 Å². The minimum absolute atomic E-state index is 0.0979. The van der Waals surface area contributed by atoms with Crippen LogP contribution in [0.25, 0.3) is 22.3 Å². The second-order valence-corrected chi connectivity index (χ2v) is 11.2. The van der Waals surface area contributed by atoms with E-state index in [0.717, 1.165) is 24.8 Å². The summed E-state index contributed by atoms with van der Waals surface area (Å²) in [6.45, 7) is 1.47. The molecule has 2 aromatic carbocycles. The number of nitrogens with zero attached hydrogens (tertiary/aromatic N) is 3. The van der Waals surface area contributed by atoms with Crippen molar-refractivity contribution < 1.29 is 35.9 Å². The molecule has 6 rings (SSSR count). The fraction of sp³-hybridized carbons (Fsp3) is 0.303. The maximum atomic E-state index is 13.7. The number of carbonyl (C=O) groups is 1. The molecule has 1 aliphatic carbocycles. The lowest BCUT2D eigenvalue weighted by Gasteiger charge is -2.20. The zero-order valence-electron chi connectivity index (χ0n) is 23.3. The van der Waals surface area contributed by atoms with Crippen LogP contribution >= 0.6 is 0 Å². The van der Waals surface area contributed by atoms with Crippen LogP contribution in [-0.2, 0) is 12.4 Å². The molecule has 1 saturated carbocycles. The first kappa shape index (κ1) is 29.7. The van der Waals surface area contributed by atoms with Crippen molar-refractivity contribution in [3.05, 3.63) is 102 Å². The lowest BCUT2D eigenvalue weighted by molar-refractivity contribution is -0.143. The van der Waals surface area contributed by atoms with Crippen LogP contribution in [0.2, 0.25) is 0 Å². The van der Waals surface area contributed by atoms with Gasteiger partial charge in [-0.2, -0.15) is 26.3 Å². The highest BCUT2D eigenvalue weighted by atomic mass is 19.4. The monoisotopic (exact) mass is 611 g/mol. The quantitative estimate of drug-likeness (QED) is 0.198. The van der Waals surface area contributed by atoms with Gasteiger partial charge in [0.15, 0.2) is 0 Å². The number of rotatable bonds is 7. The number of carbonyl (C=O) groups excluding carboxylic acids is 1. The van der Waals surface area contributed by atoms with E-state index in [1.807, 2.05) is 12.1 Å². The first-order valence-electron chi connectivity index (χ1n) is 14.2. The largest absolute Gasteiger partial charge is 0.477 e. The van der Waals surface area contributed by atoms with Crippen molar-refractivity contribution in [1.82, 2.24) is 14.9 Å². The van der Waals surface area contributed by atoms with E-state index >= 15 is 0 Å². The molecule has 1 amide bonds. The lowest BCUT2D eigenvalue weighted by atomic mass is 9.91. The molecule has 0 radical (unpaired) electrons. The Labute approximate surface area is 249 Å². The van der Waals surface area contributed by atoms with Gasteiger partial charge in [0.2, 0.25) is 5.88 Å². The molecule has 2 fully saturated rings. The van der Waals surface area contributed by atoms with Crippen molar-refractivity contribution in [3.63, 3.8) is 0 Å². The van der Waals surface area contributed by atoms with Crippen molar-refractivity contribution >= 4 is 5.91 Å². The summed E-state index contributed by atoms with van der Waals surface area (Å²) in [5, 5.41) is 0. The van der Waals surface area contributed by atoms with Gasteiger partial charge in [-0.15, -0.1) is 0 Å². The van der Waals surface area contributed by atoms with Crippen LogP contribution in [0.1, 0.15) is 52.2 Å². The van der Waals surface area contributed by atoms with Crippen LogP contribution < -0.4 is 4.74 Å². The number of likely N-dealkylation sites (tertiary alicyclic amines) is 1. The third kappa shape index (κ3) is 6.56. The van der Waals surface area contributed by atoms with E-state index in [0.29, 0.717) is 49.2 Å². The molecule has 0 spiro atoms. The normalized spacial score (nSPS) is 17.1. The van der Waals surface area contributed by atoms with E-state index in [9.17, 15) is 31.1 Å². The summed E-state index contributed by atoms with van der Waals surface area (Å²) in [7, 11) is 0. The van der Waals surface area contributed by atoms with Gasteiger partial charge in [-0.05, 0) is 89.9 Å². The first-order valence-corrected chi connectivity index (χ1v) is 14.2. The molecule has 44 heavy (non-hydrogen) atoms. The first-order chi connectivity index (χ1) is 21.0. The smallest absolute Gasteiger partial charge is 0.416 e. The van der Waals surface area contributed by atoms with E-state index < -0.39 is 23.5 Å². The molecular weight excluding hydrogens is 584 g/mol. The van der Waals surface area contributed by atoms with E-state index in [1.54, 1.807) is 29.4 Å². The van der Waals surface area contributed by atoms with Crippen LogP contribution in [0.5, 0.6) is 5.88 Å². The molecule has 11 heteroatoms. The summed E-state index contributed by atoms with van der Waals surface area (Å²) < 4.78 is 87.9. The molecule has 2 aliphatic rings. The molecule has 1 aliphatic heterocycles. The van der Waals surface area contributed by atoms with Crippen molar-refractivity contribution in [2.24, 2.45) is 5.92 Å². The molecule has 1 unspecified atom stereocenters. The molecule has 2 aromatic heterocycles. The van der Waals surface area contributed by atoms with Gasteiger partial charge < -0.3 is 9.64 Å². The van der Waals surface area contributed by atoms with Crippen LogP contribution in [0.15, 0.2) is 79.3 Å². The molecule has 1 atom stereocenters. The van der Waals surface area contributed by atoms with Gasteiger partial charge >= 0.3 is 12.4 Å². The molecule has 1 saturated heterocycles. The summed E-state index contributed by atoms with van der Waals surface area (Å²) in [4.78, 5) is 23.8. The SMILES string of the molecule is O=C(c1ccc(-c2cc(C(F)(F)F)cc(C(F)(F)F)c2)c(-c2ccc(OCC3CC3)nc2)c1)N1CCC(c2cccnc2)C1. The van der Waals surface area contributed by atoms with Gasteiger partial charge in [0.05, 0.1) is 17.7 Å². The Bertz CT molecular complexity index is 1620. The topological polar surface area (TPSA) is 55.3 Å². The van der Waals surface area contributed by atoms with Crippen molar-refractivity contribution in [2.75, 3.05) is 19.7 Å². The third-order valence-corrected chi connectivity index (χ3v) is 8.01. The van der Waals surface area contributed by atoms with Crippen molar-refractivity contribution in [2.45, 2.75) is 37.5 Å². The fourth-order valence-electron chi connectivity index (χ4n) is 5.41. The van der Waals surface area contributed by atoms with Gasteiger partial charge in [-0.1, -0.05) is 12.1 Å². The number of halogens is 6. The third-order valence-electron chi connectivity index (χ3n) is 8.01. The molecule has 5 nitrogen and oxygen atoms in total. The number of alkyl halides is 6. The fourth-order valence-corrected chi connectivity index (χ4v) is 5.41. The average molecular weight is 612 g/mol. The summed E-state index contributed by atoms with van der Waals surface area (Å²) >= 11 is 0.